The highest BCUT2D eigenvalue weighted by atomic mass is 19.1. The van der Waals surface area contributed by atoms with Gasteiger partial charge in [0.15, 0.2) is 0 Å². The van der Waals surface area contributed by atoms with E-state index in [1.807, 2.05) is 14.0 Å². The number of aromatic amines is 1. The van der Waals surface area contributed by atoms with E-state index in [4.69, 9.17) is 0 Å². The standard InChI is InChI=1S/C11H13FN4/c1-7-5-8(12)3-4-9(7)11(13-2)10-6-14-16-15-10/h3-6,11,13H,1-2H3,(H,14,15,16). The van der Waals surface area contributed by atoms with Crippen LogP contribution in [0.4, 0.5) is 4.39 Å². The fourth-order valence-corrected chi connectivity index (χ4v) is 1.78. The minimum Gasteiger partial charge on any atom is -0.308 e. The van der Waals surface area contributed by atoms with Crippen molar-refractivity contribution in [2.24, 2.45) is 0 Å². The molecule has 0 amide bonds. The first-order valence-corrected chi connectivity index (χ1v) is 5.01. The summed E-state index contributed by atoms with van der Waals surface area (Å²) < 4.78 is 13.0. The van der Waals surface area contributed by atoms with E-state index in [9.17, 15) is 4.39 Å². The molecule has 0 aliphatic heterocycles. The lowest BCUT2D eigenvalue weighted by Crippen LogP contribution is -2.19. The number of benzene rings is 1. The Bertz CT molecular complexity index is 467. The summed E-state index contributed by atoms with van der Waals surface area (Å²) in [4.78, 5) is 0. The van der Waals surface area contributed by atoms with E-state index in [1.54, 1.807) is 12.3 Å². The molecule has 1 heterocycles. The van der Waals surface area contributed by atoms with Crippen molar-refractivity contribution < 1.29 is 4.39 Å². The van der Waals surface area contributed by atoms with E-state index in [0.717, 1.165) is 16.8 Å². The third-order valence-corrected chi connectivity index (χ3v) is 2.56. The van der Waals surface area contributed by atoms with E-state index in [0.29, 0.717) is 0 Å². The maximum Gasteiger partial charge on any atom is 0.123 e. The topological polar surface area (TPSA) is 53.6 Å². The minimum absolute atomic E-state index is 0.0700. The lowest BCUT2D eigenvalue weighted by Gasteiger charge is -2.16. The summed E-state index contributed by atoms with van der Waals surface area (Å²) in [6.07, 6.45) is 1.66. The molecule has 0 saturated heterocycles. The second-order valence-electron chi connectivity index (χ2n) is 3.62. The first kappa shape index (κ1) is 10.8. The molecule has 2 N–H and O–H groups in total. The fraction of sp³-hybridized carbons (Fsp3) is 0.273. The van der Waals surface area contributed by atoms with Crippen molar-refractivity contribution >= 4 is 0 Å². The van der Waals surface area contributed by atoms with Crippen LogP contribution in [0.5, 0.6) is 0 Å². The van der Waals surface area contributed by atoms with Crippen molar-refractivity contribution in [3.63, 3.8) is 0 Å². The highest BCUT2D eigenvalue weighted by molar-refractivity contribution is 5.33. The predicted molar refractivity (Wildman–Crippen MR) is 58.4 cm³/mol. The van der Waals surface area contributed by atoms with Crippen molar-refractivity contribution in [2.45, 2.75) is 13.0 Å². The van der Waals surface area contributed by atoms with Gasteiger partial charge >= 0.3 is 0 Å². The molecule has 0 fully saturated rings. The number of nitrogens with zero attached hydrogens (tertiary/aromatic N) is 2. The molecular formula is C11H13FN4. The number of aryl methyl sites for hydroxylation is 1. The van der Waals surface area contributed by atoms with Crippen LogP contribution < -0.4 is 5.32 Å². The Balaban J connectivity index is 2.41. The molecule has 1 aromatic heterocycles. The summed E-state index contributed by atoms with van der Waals surface area (Å²) in [5, 5.41) is 13.5. The molecule has 0 radical (unpaired) electrons. The summed E-state index contributed by atoms with van der Waals surface area (Å²) in [5.74, 6) is -0.226. The molecule has 4 nitrogen and oxygen atoms in total. The molecule has 0 saturated carbocycles. The van der Waals surface area contributed by atoms with Crippen molar-refractivity contribution in [3.05, 3.63) is 47.0 Å². The second-order valence-corrected chi connectivity index (χ2v) is 3.62. The van der Waals surface area contributed by atoms with Gasteiger partial charge in [-0.3, -0.25) is 0 Å². The maximum atomic E-state index is 13.0. The molecule has 0 bridgehead atoms. The van der Waals surface area contributed by atoms with Crippen LogP contribution in [-0.2, 0) is 0 Å². The molecule has 0 aliphatic carbocycles. The van der Waals surface area contributed by atoms with Gasteiger partial charge in [0.2, 0.25) is 0 Å². The van der Waals surface area contributed by atoms with Crippen molar-refractivity contribution in [1.29, 1.82) is 0 Å². The van der Waals surface area contributed by atoms with Gasteiger partial charge in [-0.25, -0.2) is 4.39 Å². The molecule has 0 spiro atoms. The zero-order chi connectivity index (χ0) is 11.5. The van der Waals surface area contributed by atoms with Crippen LogP contribution >= 0.6 is 0 Å². The first-order chi connectivity index (χ1) is 7.72. The van der Waals surface area contributed by atoms with Gasteiger partial charge in [-0.15, -0.1) is 0 Å². The lowest BCUT2D eigenvalue weighted by molar-refractivity contribution is 0.619. The van der Waals surface area contributed by atoms with Crippen molar-refractivity contribution in [3.8, 4) is 0 Å². The summed E-state index contributed by atoms with van der Waals surface area (Å²) >= 11 is 0. The zero-order valence-corrected chi connectivity index (χ0v) is 9.16. The highest BCUT2D eigenvalue weighted by Crippen LogP contribution is 2.22. The number of rotatable bonds is 3. The number of hydrogen-bond acceptors (Lipinski definition) is 3. The van der Waals surface area contributed by atoms with Crippen LogP contribution in [-0.4, -0.2) is 22.5 Å². The van der Waals surface area contributed by atoms with Crippen LogP contribution in [0, 0.1) is 12.7 Å². The Morgan fingerprint density at radius 2 is 2.25 bits per heavy atom. The first-order valence-electron chi connectivity index (χ1n) is 5.01. The largest absolute Gasteiger partial charge is 0.308 e. The van der Waals surface area contributed by atoms with Crippen molar-refractivity contribution in [2.75, 3.05) is 7.05 Å². The maximum absolute atomic E-state index is 13.0. The SMILES string of the molecule is CNC(c1cn[nH]n1)c1ccc(F)cc1C. The highest BCUT2D eigenvalue weighted by Gasteiger charge is 2.16. The summed E-state index contributed by atoms with van der Waals surface area (Å²) in [6.45, 7) is 1.88. The molecule has 0 aliphatic rings. The van der Waals surface area contributed by atoms with E-state index < -0.39 is 0 Å². The average molecular weight is 220 g/mol. The molecule has 2 aromatic rings. The van der Waals surface area contributed by atoms with Crippen LogP contribution in [0.1, 0.15) is 22.9 Å². The number of nitrogens with one attached hydrogen (secondary N) is 2. The molecule has 1 unspecified atom stereocenters. The molecule has 1 aromatic carbocycles. The molecule has 16 heavy (non-hydrogen) atoms. The minimum atomic E-state index is -0.226. The molecule has 84 valence electrons. The molecule has 5 heteroatoms. The summed E-state index contributed by atoms with van der Waals surface area (Å²) in [6, 6.07) is 4.66. The van der Waals surface area contributed by atoms with Crippen LogP contribution in [0.15, 0.2) is 24.4 Å². The number of aromatic nitrogens is 3. The Kier molecular flexibility index (Phi) is 2.96. The van der Waals surface area contributed by atoms with Gasteiger partial charge in [0.05, 0.1) is 12.2 Å². The Labute approximate surface area is 92.9 Å². The number of H-pyrrole nitrogens is 1. The van der Waals surface area contributed by atoms with Gasteiger partial charge < -0.3 is 5.32 Å². The third-order valence-electron chi connectivity index (χ3n) is 2.56. The second kappa shape index (κ2) is 4.40. The number of hydrogen-bond donors (Lipinski definition) is 2. The van der Waals surface area contributed by atoms with E-state index >= 15 is 0 Å². The zero-order valence-electron chi connectivity index (χ0n) is 9.16. The lowest BCUT2D eigenvalue weighted by atomic mass is 9.99. The summed E-state index contributed by atoms with van der Waals surface area (Å²) in [5.41, 5.74) is 2.68. The molecular weight excluding hydrogens is 207 g/mol. The average Bonchev–Trinajstić information content (AvgIpc) is 2.75. The van der Waals surface area contributed by atoms with E-state index in [2.05, 4.69) is 20.7 Å². The molecule has 2 rings (SSSR count). The van der Waals surface area contributed by atoms with Crippen molar-refractivity contribution in [1.82, 2.24) is 20.7 Å². The Hall–Kier alpha value is -1.75. The van der Waals surface area contributed by atoms with Crippen LogP contribution in [0.3, 0.4) is 0 Å². The van der Waals surface area contributed by atoms with E-state index in [-0.39, 0.29) is 11.9 Å². The van der Waals surface area contributed by atoms with Gasteiger partial charge in [-0.05, 0) is 37.2 Å². The smallest absolute Gasteiger partial charge is 0.123 e. The third kappa shape index (κ3) is 1.94. The quantitative estimate of drug-likeness (QED) is 0.825. The van der Waals surface area contributed by atoms with Crippen LogP contribution in [0.25, 0.3) is 0 Å². The number of halogens is 1. The fourth-order valence-electron chi connectivity index (χ4n) is 1.78. The normalized spacial score (nSPS) is 12.7. The van der Waals surface area contributed by atoms with Crippen LogP contribution in [0.2, 0.25) is 0 Å². The molecule has 1 atom stereocenters. The van der Waals surface area contributed by atoms with Gasteiger partial charge in [0.1, 0.15) is 11.5 Å². The van der Waals surface area contributed by atoms with E-state index in [1.165, 1.54) is 12.1 Å². The Morgan fingerprint density at radius 3 is 2.81 bits per heavy atom. The van der Waals surface area contributed by atoms with Gasteiger partial charge in [0, 0.05) is 0 Å². The summed E-state index contributed by atoms with van der Waals surface area (Å²) in [7, 11) is 1.84. The van der Waals surface area contributed by atoms with Gasteiger partial charge in [-0.1, -0.05) is 6.07 Å². The predicted octanol–water partition coefficient (Wildman–Crippen LogP) is 1.56. The van der Waals surface area contributed by atoms with Gasteiger partial charge in [-0.2, -0.15) is 15.4 Å². The van der Waals surface area contributed by atoms with Gasteiger partial charge in [0.25, 0.3) is 0 Å². The monoisotopic (exact) mass is 220 g/mol. The Morgan fingerprint density at radius 1 is 1.44 bits per heavy atom.